The number of nitrogens with zero attached hydrogens (tertiary/aromatic N) is 2. The Hall–Kier alpha value is -1.04. The fourth-order valence-electron chi connectivity index (χ4n) is 3.03. The Kier molecular flexibility index (Phi) is 3.52. The third-order valence-corrected chi connectivity index (χ3v) is 4.42. The zero-order valence-electron chi connectivity index (χ0n) is 11.1. The van der Waals surface area contributed by atoms with Crippen LogP contribution >= 0.6 is 23.2 Å². The molecule has 1 amide bonds. The highest BCUT2D eigenvalue weighted by Crippen LogP contribution is 2.39. The smallest absolute Gasteiger partial charge is 0.220 e. The molecule has 5 nitrogen and oxygen atoms in total. The van der Waals surface area contributed by atoms with Crippen LogP contribution < -0.4 is 10.1 Å². The molecule has 0 aliphatic carbocycles. The van der Waals surface area contributed by atoms with Gasteiger partial charge in [0, 0.05) is 49.6 Å². The highest BCUT2D eigenvalue weighted by Gasteiger charge is 2.48. The van der Waals surface area contributed by atoms with Gasteiger partial charge in [0.05, 0.1) is 7.11 Å². The lowest BCUT2D eigenvalue weighted by molar-refractivity contribution is -0.120. The van der Waals surface area contributed by atoms with Crippen molar-refractivity contribution in [3.63, 3.8) is 0 Å². The number of carbonyl (C=O) groups is 1. The van der Waals surface area contributed by atoms with Gasteiger partial charge in [-0.2, -0.15) is 0 Å². The summed E-state index contributed by atoms with van der Waals surface area (Å²) in [6.45, 7) is 3.19. The molecule has 0 unspecified atom stereocenters. The average Bonchev–Trinajstić information content (AvgIpc) is 2.73. The molecule has 0 radical (unpaired) electrons. The molecule has 20 heavy (non-hydrogen) atoms. The van der Waals surface area contributed by atoms with Crippen LogP contribution in [0.4, 0.5) is 0 Å². The number of carbonyl (C=O) groups excluding carboxylic acids is 1. The highest BCUT2D eigenvalue weighted by molar-refractivity contribution is 6.33. The number of halogens is 2. The molecule has 2 saturated heterocycles. The van der Waals surface area contributed by atoms with Crippen LogP contribution in [0.5, 0.6) is 5.75 Å². The lowest BCUT2D eigenvalue weighted by Gasteiger charge is -2.47. The molecule has 1 N–H and O–H groups in total. The Labute approximate surface area is 127 Å². The second kappa shape index (κ2) is 5.06. The van der Waals surface area contributed by atoms with E-state index >= 15 is 0 Å². The van der Waals surface area contributed by atoms with Gasteiger partial charge in [0.25, 0.3) is 0 Å². The Morgan fingerprint density at radius 1 is 1.50 bits per heavy atom. The van der Waals surface area contributed by atoms with E-state index in [1.807, 2.05) is 0 Å². The van der Waals surface area contributed by atoms with Gasteiger partial charge in [0.1, 0.15) is 16.1 Å². The van der Waals surface area contributed by atoms with Gasteiger partial charge in [0.2, 0.25) is 5.91 Å². The van der Waals surface area contributed by atoms with Crippen LogP contribution in [-0.4, -0.2) is 42.5 Å². The van der Waals surface area contributed by atoms with Crippen molar-refractivity contribution >= 4 is 29.1 Å². The predicted octanol–water partition coefficient (Wildman–Crippen LogP) is 1.72. The first-order chi connectivity index (χ1) is 9.51. The minimum atomic E-state index is 0.108. The molecule has 7 heteroatoms. The fourth-order valence-corrected chi connectivity index (χ4v) is 3.50. The Bertz CT molecular complexity index is 559. The quantitative estimate of drug-likeness (QED) is 0.863. The molecular weight excluding hydrogens is 301 g/mol. The molecule has 3 heterocycles. The van der Waals surface area contributed by atoms with E-state index in [1.54, 1.807) is 13.2 Å². The number of rotatable bonds is 3. The van der Waals surface area contributed by atoms with Crippen molar-refractivity contribution in [1.29, 1.82) is 0 Å². The number of aromatic nitrogens is 1. The second-order valence-corrected chi connectivity index (χ2v) is 6.26. The molecule has 1 aromatic rings. The summed E-state index contributed by atoms with van der Waals surface area (Å²) in [5.41, 5.74) is 0.946. The molecule has 2 aliphatic heterocycles. The number of hydrogen-bond acceptors (Lipinski definition) is 4. The Morgan fingerprint density at radius 2 is 2.25 bits per heavy atom. The summed E-state index contributed by atoms with van der Waals surface area (Å²) < 4.78 is 5.31. The van der Waals surface area contributed by atoms with Crippen LogP contribution in [0.25, 0.3) is 0 Å². The van der Waals surface area contributed by atoms with E-state index in [9.17, 15) is 4.79 Å². The van der Waals surface area contributed by atoms with Gasteiger partial charge in [-0.05, 0) is 0 Å². The maximum Gasteiger partial charge on any atom is 0.220 e. The largest absolute Gasteiger partial charge is 0.496 e. The number of pyridine rings is 1. The van der Waals surface area contributed by atoms with E-state index in [-0.39, 0.29) is 11.3 Å². The molecule has 3 rings (SSSR count). The van der Waals surface area contributed by atoms with Gasteiger partial charge in [-0.3, -0.25) is 9.69 Å². The lowest BCUT2D eigenvalue weighted by atomic mass is 9.79. The number of amides is 1. The first-order valence-corrected chi connectivity index (χ1v) is 7.15. The van der Waals surface area contributed by atoms with Crippen LogP contribution in [0, 0.1) is 5.41 Å². The SMILES string of the molecule is COc1cc(Cl)nc(Cl)c1CN1CC2(CNC(=O)C2)C1. The summed E-state index contributed by atoms with van der Waals surface area (Å²) in [7, 11) is 1.59. The van der Waals surface area contributed by atoms with E-state index < -0.39 is 0 Å². The molecule has 0 atom stereocenters. The van der Waals surface area contributed by atoms with E-state index in [0.717, 1.165) is 25.2 Å². The average molecular weight is 316 g/mol. The second-order valence-electron chi connectivity index (χ2n) is 5.52. The first-order valence-electron chi connectivity index (χ1n) is 6.39. The first kappa shape index (κ1) is 13.9. The van der Waals surface area contributed by atoms with Crippen molar-refractivity contribution in [2.45, 2.75) is 13.0 Å². The maximum absolute atomic E-state index is 11.3. The zero-order chi connectivity index (χ0) is 14.3. The van der Waals surface area contributed by atoms with Crippen LogP contribution in [0.2, 0.25) is 10.3 Å². The summed E-state index contributed by atoms with van der Waals surface area (Å²) in [5.74, 6) is 0.796. The number of ether oxygens (including phenoxy) is 1. The molecule has 2 aliphatic rings. The molecular formula is C13H15Cl2N3O2. The van der Waals surface area contributed by atoms with Crippen LogP contribution in [0.3, 0.4) is 0 Å². The zero-order valence-corrected chi connectivity index (χ0v) is 12.6. The number of nitrogens with one attached hydrogen (secondary N) is 1. The summed E-state index contributed by atoms with van der Waals surface area (Å²) in [4.78, 5) is 17.6. The number of methoxy groups -OCH3 is 1. The van der Waals surface area contributed by atoms with Crippen molar-refractivity contribution in [2.75, 3.05) is 26.7 Å². The van der Waals surface area contributed by atoms with Crippen LogP contribution in [-0.2, 0) is 11.3 Å². The number of likely N-dealkylation sites (tertiary alicyclic amines) is 1. The van der Waals surface area contributed by atoms with Crippen molar-refractivity contribution in [3.8, 4) is 5.75 Å². The molecule has 108 valence electrons. The molecule has 0 aromatic carbocycles. The van der Waals surface area contributed by atoms with Crippen molar-refractivity contribution in [3.05, 3.63) is 21.9 Å². The van der Waals surface area contributed by atoms with Gasteiger partial charge in [-0.1, -0.05) is 23.2 Å². The van der Waals surface area contributed by atoms with Crippen molar-refractivity contribution in [1.82, 2.24) is 15.2 Å². The van der Waals surface area contributed by atoms with E-state index in [0.29, 0.717) is 29.0 Å². The van der Waals surface area contributed by atoms with Gasteiger partial charge in [-0.25, -0.2) is 4.98 Å². The molecule has 2 fully saturated rings. The van der Waals surface area contributed by atoms with Crippen molar-refractivity contribution < 1.29 is 9.53 Å². The van der Waals surface area contributed by atoms with Crippen LogP contribution in [0.1, 0.15) is 12.0 Å². The van der Waals surface area contributed by atoms with Gasteiger partial charge < -0.3 is 10.1 Å². The molecule has 0 saturated carbocycles. The molecule has 1 spiro atoms. The van der Waals surface area contributed by atoms with Gasteiger partial charge in [0.15, 0.2) is 0 Å². The predicted molar refractivity (Wildman–Crippen MR) is 76.1 cm³/mol. The summed E-state index contributed by atoms with van der Waals surface area (Å²) in [6, 6.07) is 1.67. The Morgan fingerprint density at radius 3 is 2.85 bits per heavy atom. The standard InChI is InChI=1S/C13H15Cl2N3O2/c1-20-9-2-10(14)17-12(15)8(9)4-18-6-13(7-18)3-11(19)16-5-13/h2H,3-7H2,1H3,(H,16,19). The van der Waals surface area contributed by atoms with Gasteiger partial charge >= 0.3 is 0 Å². The van der Waals surface area contributed by atoms with Crippen molar-refractivity contribution in [2.24, 2.45) is 5.41 Å². The minimum absolute atomic E-state index is 0.108. The summed E-state index contributed by atoms with van der Waals surface area (Å²) in [6.07, 6.45) is 0.618. The number of hydrogen-bond donors (Lipinski definition) is 1. The van der Waals surface area contributed by atoms with Crippen LogP contribution in [0.15, 0.2) is 6.07 Å². The fraction of sp³-hybridized carbons (Fsp3) is 0.538. The van der Waals surface area contributed by atoms with Gasteiger partial charge in [-0.15, -0.1) is 0 Å². The lowest BCUT2D eigenvalue weighted by Crippen LogP contribution is -2.56. The third-order valence-electron chi connectivity index (χ3n) is 3.92. The molecule has 1 aromatic heterocycles. The van der Waals surface area contributed by atoms with E-state index in [1.165, 1.54) is 0 Å². The summed E-state index contributed by atoms with van der Waals surface area (Å²) >= 11 is 12.0. The molecule has 0 bridgehead atoms. The Balaban J connectivity index is 1.70. The normalized spacial score (nSPS) is 20.9. The maximum atomic E-state index is 11.3. The highest BCUT2D eigenvalue weighted by atomic mass is 35.5. The topological polar surface area (TPSA) is 54.5 Å². The summed E-state index contributed by atoms with van der Waals surface area (Å²) in [5, 5.41) is 3.58. The third kappa shape index (κ3) is 2.45. The van der Waals surface area contributed by atoms with E-state index in [2.05, 4.69) is 15.2 Å². The van der Waals surface area contributed by atoms with E-state index in [4.69, 9.17) is 27.9 Å². The minimum Gasteiger partial charge on any atom is -0.496 e. The monoisotopic (exact) mass is 315 g/mol.